The van der Waals surface area contributed by atoms with Gasteiger partial charge in [0, 0.05) is 33.6 Å². The maximum Gasteiger partial charge on any atom is 0.347 e. The van der Waals surface area contributed by atoms with Gasteiger partial charge in [0.15, 0.2) is 17.8 Å². The predicted octanol–water partition coefficient (Wildman–Crippen LogP) is 4.40. The van der Waals surface area contributed by atoms with Crippen molar-refractivity contribution >= 4 is 34.7 Å². The van der Waals surface area contributed by atoms with Gasteiger partial charge in [-0.25, -0.2) is 9.78 Å². The van der Waals surface area contributed by atoms with Crippen molar-refractivity contribution in [1.82, 2.24) is 9.55 Å². The van der Waals surface area contributed by atoms with E-state index in [1.54, 1.807) is 43.5 Å². The Hall–Kier alpha value is -2.64. The number of nitrogens with zero attached hydrogens (tertiary/aromatic N) is 2. The summed E-state index contributed by atoms with van der Waals surface area (Å²) >= 11 is 7.38. The summed E-state index contributed by atoms with van der Waals surface area (Å²) < 4.78 is 12.6. The van der Waals surface area contributed by atoms with E-state index in [-0.39, 0.29) is 12.4 Å². The maximum absolute atomic E-state index is 12.6. The van der Waals surface area contributed by atoms with Crippen molar-refractivity contribution in [2.45, 2.75) is 26.9 Å². The minimum absolute atomic E-state index is 0.279. The van der Waals surface area contributed by atoms with Crippen LogP contribution in [0, 0.1) is 13.8 Å². The monoisotopic (exact) mass is 418 g/mol. The first-order valence-corrected chi connectivity index (χ1v) is 9.83. The molecule has 2 heterocycles. The first-order chi connectivity index (χ1) is 13.4. The Bertz CT molecular complexity index is 998. The molecule has 0 radical (unpaired) electrons. The number of rotatable bonds is 7. The van der Waals surface area contributed by atoms with E-state index < -0.39 is 12.1 Å². The predicted molar refractivity (Wildman–Crippen MR) is 108 cm³/mol. The summed E-state index contributed by atoms with van der Waals surface area (Å²) in [5.74, 6) is -0.448. The Morgan fingerprint density at radius 3 is 2.75 bits per heavy atom. The van der Waals surface area contributed by atoms with Crippen molar-refractivity contribution in [2.24, 2.45) is 0 Å². The molecule has 2 aromatic heterocycles. The van der Waals surface area contributed by atoms with Crippen molar-refractivity contribution in [3.63, 3.8) is 0 Å². The molecule has 0 saturated carbocycles. The molecule has 146 valence electrons. The molecule has 0 saturated heterocycles. The summed E-state index contributed by atoms with van der Waals surface area (Å²) in [5.41, 5.74) is 2.15. The molecule has 0 aliphatic rings. The number of aryl methyl sites for hydroxylation is 1. The van der Waals surface area contributed by atoms with Crippen LogP contribution in [0.3, 0.4) is 0 Å². The van der Waals surface area contributed by atoms with Crippen molar-refractivity contribution in [2.75, 3.05) is 6.61 Å². The highest BCUT2D eigenvalue weighted by molar-refractivity contribution is 7.12. The second-order valence-corrected chi connectivity index (χ2v) is 7.49. The summed E-state index contributed by atoms with van der Waals surface area (Å²) in [6.07, 6.45) is 0.845. The van der Waals surface area contributed by atoms with Crippen LogP contribution in [-0.4, -0.2) is 34.0 Å². The van der Waals surface area contributed by atoms with Gasteiger partial charge in [-0.1, -0.05) is 17.7 Å². The van der Waals surface area contributed by atoms with Crippen LogP contribution in [0.25, 0.3) is 5.13 Å². The molecule has 1 aromatic carbocycles. The molecule has 0 spiro atoms. The molecule has 0 aliphatic heterocycles. The van der Waals surface area contributed by atoms with Crippen LogP contribution in [0.2, 0.25) is 5.02 Å². The van der Waals surface area contributed by atoms with Gasteiger partial charge in [-0.3, -0.25) is 9.36 Å². The number of hydrogen-bond donors (Lipinski definition) is 0. The van der Waals surface area contributed by atoms with Crippen LogP contribution in [-0.2, 0) is 9.53 Å². The van der Waals surface area contributed by atoms with E-state index >= 15 is 0 Å². The Kier molecular flexibility index (Phi) is 6.16. The van der Waals surface area contributed by atoms with Crippen molar-refractivity contribution in [1.29, 1.82) is 0 Å². The zero-order valence-electron chi connectivity index (χ0n) is 15.6. The fourth-order valence-electron chi connectivity index (χ4n) is 2.79. The van der Waals surface area contributed by atoms with E-state index in [4.69, 9.17) is 21.1 Å². The van der Waals surface area contributed by atoms with Crippen LogP contribution >= 0.6 is 22.9 Å². The van der Waals surface area contributed by atoms with E-state index in [0.29, 0.717) is 16.3 Å². The lowest BCUT2D eigenvalue weighted by Gasteiger charge is -2.14. The van der Waals surface area contributed by atoms with E-state index in [1.165, 1.54) is 11.3 Å². The maximum atomic E-state index is 12.6. The molecule has 3 aromatic rings. The molecule has 1 unspecified atom stereocenters. The van der Waals surface area contributed by atoms with E-state index in [2.05, 4.69) is 4.98 Å². The average Bonchev–Trinajstić information content (AvgIpc) is 3.27. The number of benzene rings is 1. The zero-order valence-corrected chi connectivity index (χ0v) is 17.2. The van der Waals surface area contributed by atoms with Crippen molar-refractivity contribution in [3.05, 3.63) is 63.9 Å². The molecular formula is C20H19ClN2O4S. The first kappa shape index (κ1) is 20.1. The second kappa shape index (κ2) is 8.58. The van der Waals surface area contributed by atoms with E-state index in [9.17, 15) is 9.59 Å². The van der Waals surface area contributed by atoms with Crippen molar-refractivity contribution in [3.8, 4) is 10.9 Å². The number of ether oxygens (including phenoxy) is 2. The highest BCUT2D eigenvalue weighted by Gasteiger charge is 2.21. The molecule has 28 heavy (non-hydrogen) atoms. The van der Waals surface area contributed by atoms with E-state index in [1.807, 2.05) is 23.8 Å². The average molecular weight is 419 g/mol. The number of carbonyl (C=O) groups is 2. The van der Waals surface area contributed by atoms with Gasteiger partial charge in [0.05, 0.1) is 0 Å². The van der Waals surface area contributed by atoms with Gasteiger partial charge in [0.2, 0.25) is 5.78 Å². The van der Waals surface area contributed by atoms with Gasteiger partial charge < -0.3 is 9.47 Å². The number of Topliss-reactive ketones (excluding diaryl/α,β-unsaturated/α-hetero) is 1. The molecule has 8 heteroatoms. The number of esters is 1. The third-order valence-electron chi connectivity index (χ3n) is 4.13. The van der Waals surface area contributed by atoms with Gasteiger partial charge in [0.25, 0.3) is 0 Å². The lowest BCUT2D eigenvalue weighted by Crippen LogP contribution is -2.28. The topological polar surface area (TPSA) is 70.4 Å². The largest absolute Gasteiger partial charge is 0.479 e. The molecule has 0 bridgehead atoms. The third kappa shape index (κ3) is 4.43. The highest BCUT2D eigenvalue weighted by atomic mass is 35.5. The van der Waals surface area contributed by atoms with Crippen LogP contribution in [0.5, 0.6) is 5.75 Å². The van der Waals surface area contributed by atoms with Gasteiger partial charge in [0.1, 0.15) is 5.75 Å². The fourth-order valence-corrected chi connectivity index (χ4v) is 3.72. The lowest BCUT2D eigenvalue weighted by molar-refractivity contribution is -0.149. The summed E-state index contributed by atoms with van der Waals surface area (Å²) in [6.45, 7) is 4.94. The number of hydrogen-bond acceptors (Lipinski definition) is 6. The molecule has 0 amide bonds. The smallest absolute Gasteiger partial charge is 0.347 e. The third-order valence-corrected chi connectivity index (χ3v) is 5.12. The molecule has 0 aliphatic carbocycles. The van der Waals surface area contributed by atoms with Gasteiger partial charge in [-0.2, -0.15) is 0 Å². The second-order valence-electron chi connectivity index (χ2n) is 6.18. The quantitative estimate of drug-likeness (QED) is 0.420. The van der Waals surface area contributed by atoms with Crippen molar-refractivity contribution < 1.29 is 19.1 Å². The number of aromatic nitrogens is 2. The molecule has 3 rings (SSSR count). The summed E-state index contributed by atoms with van der Waals surface area (Å²) in [6, 6.07) is 8.49. The molecule has 1 atom stereocenters. The minimum atomic E-state index is -0.867. The minimum Gasteiger partial charge on any atom is -0.479 e. The van der Waals surface area contributed by atoms with Crippen LogP contribution < -0.4 is 4.74 Å². The number of thiazole rings is 1. The fraction of sp³-hybridized carbons (Fsp3) is 0.250. The summed E-state index contributed by atoms with van der Waals surface area (Å²) in [5, 5.41) is 3.16. The number of halogens is 1. The van der Waals surface area contributed by atoms with Crippen LogP contribution in [0.1, 0.15) is 28.7 Å². The molecular weight excluding hydrogens is 400 g/mol. The van der Waals surface area contributed by atoms with Crippen LogP contribution in [0.4, 0.5) is 0 Å². The number of carbonyl (C=O) groups excluding carboxylic acids is 2. The lowest BCUT2D eigenvalue weighted by atomic mass is 10.1. The Morgan fingerprint density at radius 2 is 2.07 bits per heavy atom. The van der Waals surface area contributed by atoms with E-state index in [0.717, 1.165) is 16.5 Å². The SMILES string of the molecule is Cc1cc(C(=O)COC(=O)C(C)Oc2cccc(Cl)c2)c(C)n1-c1nccs1. The standard InChI is InChI=1S/C20H19ClN2O4S/c1-12-9-17(13(2)23(12)20-22-7-8-28-20)18(24)11-26-19(25)14(3)27-16-6-4-5-15(21)10-16/h4-10,14H,11H2,1-3H3. The molecule has 6 nitrogen and oxygen atoms in total. The normalized spacial score (nSPS) is 11.9. The Morgan fingerprint density at radius 1 is 1.29 bits per heavy atom. The van der Waals surface area contributed by atoms with Crippen LogP contribution in [0.15, 0.2) is 41.9 Å². The Balaban J connectivity index is 1.62. The van der Waals surface area contributed by atoms with Gasteiger partial charge >= 0.3 is 5.97 Å². The van der Waals surface area contributed by atoms with Gasteiger partial charge in [-0.15, -0.1) is 11.3 Å². The number of ketones is 1. The zero-order chi connectivity index (χ0) is 20.3. The Labute approximate surface area is 171 Å². The highest BCUT2D eigenvalue weighted by Crippen LogP contribution is 2.23. The van der Waals surface area contributed by atoms with Gasteiger partial charge in [-0.05, 0) is 45.0 Å². The first-order valence-electron chi connectivity index (χ1n) is 8.57. The molecule has 0 fully saturated rings. The summed E-state index contributed by atoms with van der Waals surface area (Å²) in [4.78, 5) is 29.0. The molecule has 0 N–H and O–H groups in total. The summed E-state index contributed by atoms with van der Waals surface area (Å²) in [7, 11) is 0.